The molecule has 3 aliphatic rings. The largest absolute Gasteiger partial charge is 0.456 e. The zero-order valence-corrected chi connectivity index (χ0v) is 37.2. The van der Waals surface area contributed by atoms with Crippen LogP contribution in [0, 0.1) is 0 Å². The minimum absolute atomic E-state index is 0.0292. The molecule has 0 saturated carbocycles. The van der Waals surface area contributed by atoms with Crippen molar-refractivity contribution in [2.24, 2.45) is 0 Å². The highest BCUT2D eigenvalue weighted by molar-refractivity contribution is 6.73. The number of nitrogens with one attached hydrogen (secondary N) is 1. The van der Waals surface area contributed by atoms with Crippen molar-refractivity contribution >= 4 is 84.7 Å². The summed E-state index contributed by atoms with van der Waals surface area (Å²) in [4.78, 5) is 0. The average Bonchev–Trinajstić information content (AvgIpc) is 3.80. The van der Waals surface area contributed by atoms with Gasteiger partial charge >= 0.3 is 0 Å². The molecule has 1 N–H and O–H groups in total. The van der Waals surface area contributed by atoms with E-state index in [-0.39, 0.29) is 16.2 Å². The molecular weight excluding hydrogens is 767 g/mol. The van der Waals surface area contributed by atoms with Crippen molar-refractivity contribution in [1.82, 2.24) is 4.57 Å². The van der Waals surface area contributed by atoms with Gasteiger partial charge in [0, 0.05) is 72.9 Å². The van der Waals surface area contributed by atoms with Gasteiger partial charge in [0.25, 0.3) is 0 Å². The number of para-hydroxylation sites is 1. The summed E-state index contributed by atoms with van der Waals surface area (Å²) in [5, 5.41) is 8.62. The maximum absolute atomic E-state index is 6.76. The smallest absolute Gasteiger partial charge is 0.197 e. The number of allylic oxidation sites excluding steroid dienone is 2. The Kier molecular flexibility index (Phi) is 7.93. The number of nitrogens with zero attached hydrogens (tertiary/aromatic N) is 1. The Morgan fingerprint density at radius 3 is 2.16 bits per heavy atom. The molecule has 4 nitrogen and oxygen atoms in total. The van der Waals surface area contributed by atoms with E-state index in [4.69, 9.17) is 9.15 Å². The molecule has 0 bridgehead atoms. The second-order valence-electron chi connectivity index (χ2n) is 20.4. The zero-order valence-electron chi connectivity index (χ0n) is 37.2. The summed E-state index contributed by atoms with van der Waals surface area (Å²) in [5.41, 5.74) is 19.3. The summed E-state index contributed by atoms with van der Waals surface area (Å²) in [5.74, 6) is 1.60. The first-order valence-corrected chi connectivity index (χ1v) is 22.4. The van der Waals surface area contributed by atoms with Crippen molar-refractivity contribution in [2.75, 3.05) is 5.32 Å². The van der Waals surface area contributed by atoms with Gasteiger partial charge in [-0.3, -0.25) is 0 Å². The Morgan fingerprint density at radius 1 is 0.667 bits per heavy atom. The highest BCUT2D eigenvalue weighted by Gasteiger charge is 2.39. The minimum Gasteiger partial charge on any atom is -0.456 e. The number of anilines is 2. The lowest BCUT2D eigenvalue weighted by Crippen LogP contribution is -2.38. The van der Waals surface area contributed by atoms with Crippen LogP contribution in [0.1, 0.15) is 89.1 Å². The first-order valence-electron chi connectivity index (χ1n) is 22.4. The van der Waals surface area contributed by atoms with Crippen molar-refractivity contribution in [3.8, 4) is 22.6 Å². The third-order valence-electron chi connectivity index (χ3n) is 14.4. The van der Waals surface area contributed by atoms with Crippen LogP contribution < -0.4 is 21.0 Å². The van der Waals surface area contributed by atoms with Crippen LogP contribution >= 0.6 is 0 Å². The van der Waals surface area contributed by atoms with E-state index in [1.165, 1.54) is 49.6 Å². The summed E-state index contributed by atoms with van der Waals surface area (Å²) < 4.78 is 15.8. The summed E-state index contributed by atoms with van der Waals surface area (Å²) in [6, 6.07) is 46.5. The quantitative estimate of drug-likeness (QED) is 0.180. The summed E-state index contributed by atoms with van der Waals surface area (Å²) in [6.07, 6.45) is 4.35. The van der Waals surface area contributed by atoms with Gasteiger partial charge < -0.3 is 19.0 Å². The molecule has 0 atom stereocenters. The first-order chi connectivity index (χ1) is 30.2. The molecule has 0 saturated heterocycles. The topological polar surface area (TPSA) is 39.3 Å². The van der Waals surface area contributed by atoms with Gasteiger partial charge in [0.05, 0.1) is 5.52 Å². The molecule has 0 spiro atoms. The van der Waals surface area contributed by atoms with Gasteiger partial charge in [-0.15, -0.1) is 0 Å². The number of hydrogen-bond acceptors (Lipinski definition) is 3. The number of ether oxygens (including phenoxy) is 1. The van der Waals surface area contributed by atoms with E-state index in [0.717, 1.165) is 91.0 Å². The number of furan rings is 1. The van der Waals surface area contributed by atoms with Crippen LogP contribution in [-0.4, -0.2) is 11.8 Å². The van der Waals surface area contributed by atoms with E-state index in [1.807, 2.05) is 24.3 Å². The number of rotatable bonds is 4. The van der Waals surface area contributed by atoms with Crippen molar-refractivity contribution in [3.05, 3.63) is 168 Å². The van der Waals surface area contributed by atoms with E-state index in [9.17, 15) is 0 Å². The molecule has 307 valence electrons. The van der Waals surface area contributed by atoms with Crippen molar-refractivity contribution in [2.45, 2.75) is 77.6 Å². The fraction of sp³-hybridized carbons (Fsp3) is 0.207. The Balaban J connectivity index is 1.12. The lowest BCUT2D eigenvalue weighted by atomic mass is 9.58. The van der Waals surface area contributed by atoms with Gasteiger partial charge in [-0.2, -0.15) is 0 Å². The van der Waals surface area contributed by atoms with Gasteiger partial charge in [0.1, 0.15) is 22.7 Å². The second-order valence-corrected chi connectivity index (χ2v) is 20.4. The van der Waals surface area contributed by atoms with Crippen LogP contribution in [0.15, 0.2) is 144 Å². The Bertz CT molecular complexity index is 3460. The van der Waals surface area contributed by atoms with E-state index in [2.05, 4.69) is 181 Å². The Hall–Kier alpha value is -6.72. The first kappa shape index (κ1) is 38.0. The molecule has 2 aromatic heterocycles. The number of aromatic nitrogens is 1. The molecule has 1 radical (unpaired) electrons. The van der Waals surface area contributed by atoms with Crippen LogP contribution in [0.2, 0.25) is 0 Å². The fourth-order valence-corrected chi connectivity index (χ4v) is 10.6. The molecule has 1 aliphatic carbocycles. The van der Waals surface area contributed by atoms with Gasteiger partial charge in [-0.1, -0.05) is 139 Å². The minimum atomic E-state index is 0.0292. The second kappa shape index (κ2) is 13.2. The molecule has 12 rings (SSSR count). The van der Waals surface area contributed by atoms with Crippen molar-refractivity contribution in [1.29, 1.82) is 0 Å². The molecule has 0 fully saturated rings. The highest BCUT2D eigenvalue weighted by atomic mass is 16.5. The summed E-state index contributed by atoms with van der Waals surface area (Å²) in [7, 11) is 2.41. The lowest BCUT2D eigenvalue weighted by molar-refractivity contribution is 0.332. The maximum atomic E-state index is 6.76. The van der Waals surface area contributed by atoms with Gasteiger partial charge in [0.2, 0.25) is 0 Å². The molecule has 7 aromatic carbocycles. The van der Waals surface area contributed by atoms with Gasteiger partial charge in [-0.25, -0.2) is 0 Å². The predicted octanol–water partition coefficient (Wildman–Crippen LogP) is 14.2. The number of fused-ring (bicyclic) bond motifs is 10. The van der Waals surface area contributed by atoms with Gasteiger partial charge in [0.15, 0.2) is 7.28 Å². The standard InChI is InChI=1S/C58H50BN2O2/c1-33-26-51(34-14-10-9-11-15-34)63-52-32-49-46(29-40(33)52)59-54-38(22-23-39-42-27-43-37-16-12-13-17-50(37)62-53(43)31-48(42)61(49)55(39)54)41-28-44-45(58(7,8)25-24-57(44,5)6)30-47(41)60-36-20-18-35(19-21-36)56(2,3)4/h9-23,26-32,60H,1,24-25H2,2-8H3. The Labute approximate surface area is 370 Å². The molecular formula is C58H50BN2O2. The lowest BCUT2D eigenvalue weighted by Gasteiger charge is -2.42. The molecule has 0 amide bonds. The van der Waals surface area contributed by atoms with Crippen LogP contribution in [0.5, 0.6) is 5.75 Å². The Morgan fingerprint density at radius 2 is 1.40 bits per heavy atom. The summed E-state index contributed by atoms with van der Waals surface area (Å²) in [6.45, 7) is 21.0. The average molecular weight is 818 g/mol. The predicted molar refractivity (Wildman–Crippen MR) is 266 cm³/mol. The van der Waals surface area contributed by atoms with Crippen LogP contribution in [0.4, 0.5) is 11.4 Å². The van der Waals surface area contributed by atoms with Gasteiger partial charge in [-0.05, 0) is 105 Å². The van der Waals surface area contributed by atoms with Crippen LogP contribution in [0.25, 0.3) is 71.9 Å². The van der Waals surface area contributed by atoms with Crippen LogP contribution in [-0.2, 0) is 16.2 Å². The monoisotopic (exact) mass is 817 g/mol. The van der Waals surface area contributed by atoms with E-state index >= 15 is 0 Å². The molecule has 5 heteroatoms. The third kappa shape index (κ3) is 5.82. The normalized spacial score (nSPS) is 16.0. The molecule has 4 heterocycles. The van der Waals surface area contributed by atoms with Crippen molar-refractivity contribution < 1.29 is 9.15 Å². The van der Waals surface area contributed by atoms with E-state index < -0.39 is 0 Å². The summed E-state index contributed by atoms with van der Waals surface area (Å²) >= 11 is 0. The number of hydrogen-bond donors (Lipinski definition) is 1. The third-order valence-corrected chi connectivity index (χ3v) is 14.4. The molecule has 9 aromatic rings. The van der Waals surface area contributed by atoms with E-state index in [0.29, 0.717) is 0 Å². The van der Waals surface area contributed by atoms with Crippen LogP contribution in [0.3, 0.4) is 0 Å². The molecule has 63 heavy (non-hydrogen) atoms. The van der Waals surface area contributed by atoms with E-state index in [1.54, 1.807) is 0 Å². The number of benzene rings is 7. The molecule has 0 unspecified atom stereocenters. The SMILES string of the molecule is C=C1C=C(c2ccccc2)Oc2cc3c(cc21)[B]c1c(-c2cc4c(cc2Nc2ccc(C(C)(C)C)cc2)C(C)(C)CCC4(C)C)ccc2c4cc5c(cc4n-3c12)oc1ccccc15. The van der Waals surface area contributed by atoms with Crippen molar-refractivity contribution in [3.63, 3.8) is 0 Å². The molecule has 2 aliphatic heterocycles. The fourth-order valence-electron chi connectivity index (χ4n) is 10.6. The highest BCUT2D eigenvalue weighted by Crippen LogP contribution is 2.50. The zero-order chi connectivity index (χ0) is 43.2. The maximum Gasteiger partial charge on any atom is 0.197 e.